The van der Waals surface area contributed by atoms with Crippen molar-refractivity contribution in [1.29, 1.82) is 0 Å². The highest BCUT2D eigenvalue weighted by Crippen LogP contribution is 2.25. The third-order valence-electron chi connectivity index (χ3n) is 3.68. The number of carbonyl (C=O) groups is 1. The van der Waals surface area contributed by atoms with Gasteiger partial charge in [-0.3, -0.25) is 4.79 Å². The second-order valence-corrected chi connectivity index (χ2v) is 6.41. The number of benzene rings is 2. The minimum atomic E-state index is 0.0401. The van der Waals surface area contributed by atoms with Crippen LogP contribution in [0, 0.1) is 0 Å². The van der Waals surface area contributed by atoms with Crippen LogP contribution in [0.4, 0.5) is 0 Å². The maximum atomic E-state index is 12.2. The molecule has 2 rings (SSSR count). The molecule has 3 nitrogen and oxygen atoms in total. The van der Waals surface area contributed by atoms with Crippen molar-refractivity contribution in [2.75, 3.05) is 27.2 Å². The summed E-state index contributed by atoms with van der Waals surface area (Å²) in [5, 5.41) is 4.58. The monoisotopic (exact) mass is 350 g/mol. The molecule has 0 fully saturated rings. The Kier molecular flexibility index (Phi) is 6.60. The van der Waals surface area contributed by atoms with Crippen LogP contribution in [-0.4, -0.2) is 37.9 Å². The molecule has 1 N–H and O–H groups in total. The molecule has 1 atom stereocenters. The predicted octanol–water partition coefficient (Wildman–Crippen LogP) is 4.07. The number of nitrogens with zero attached hydrogens (tertiary/aromatic N) is 1. The fourth-order valence-electron chi connectivity index (χ4n) is 2.38. The molecule has 0 heterocycles. The number of hydrogen-bond donors (Lipinski definition) is 1. The van der Waals surface area contributed by atoms with Crippen molar-refractivity contribution in [3.05, 3.63) is 69.7 Å². The minimum absolute atomic E-state index is 0.0401. The first kappa shape index (κ1) is 18.0. The SMILES string of the molecule is CN(C)C(CNCC(=O)c1ccc(Cl)cc1)c1ccccc1Cl. The van der Waals surface area contributed by atoms with Crippen LogP contribution in [0.1, 0.15) is 22.0 Å². The Morgan fingerprint density at radius 3 is 2.35 bits per heavy atom. The van der Waals surface area contributed by atoms with Gasteiger partial charge < -0.3 is 10.2 Å². The van der Waals surface area contributed by atoms with Gasteiger partial charge in [-0.05, 0) is 50.0 Å². The summed E-state index contributed by atoms with van der Waals surface area (Å²) in [6.07, 6.45) is 0. The first-order valence-corrected chi connectivity index (χ1v) is 8.15. The van der Waals surface area contributed by atoms with E-state index in [0.29, 0.717) is 17.1 Å². The highest BCUT2D eigenvalue weighted by molar-refractivity contribution is 6.31. The number of halogens is 2. The number of likely N-dealkylation sites (N-methyl/N-ethyl adjacent to an activating group) is 1. The van der Waals surface area contributed by atoms with Crippen LogP contribution in [0.15, 0.2) is 48.5 Å². The van der Waals surface area contributed by atoms with Crippen LogP contribution < -0.4 is 5.32 Å². The van der Waals surface area contributed by atoms with Gasteiger partial charge in [-0.1, -0.05) is 41.4 Å². The average Bonchev–Trinajstić information content (AvgIpc) is 2.53. The van der Waals surface area contributed by atoms with Crippen molar-refractivity contribution in [2.24, 2.45) is 0 Å². The maximum Gasteiger partial charge on any atom is 0.176 e. The lowest BCUT2D eigenvalue weighted by Gasteiger charge is -2.26. The van der Waals surface area contributed by atoms with Crippen molar-refractivity contribution in [3.63, 3.8) is 0 Å². The Hall–Kier alpha value is -1.39. The molecule has 0 bridgehead atoms. The van der Waals surface area contributed by atoms with Crippen LogP contribution >= 0.6 is 23.2 Å². The van der Waals surface area contributed by atoms with Crippen molar-refractivity contribution in [2.45, 2.75) is 6.04 Å². The Morgan fingerprint density at radius 2 is 1.74 bits per heavy atom. The third kappa shape index (κ3) is 5.05. The molecule has 0 radical (unpaired) electrons. The van der Waals surface area contributed by atoms with Crippen molar-refractivity contribution >= 4 is 29.0 Å². The molecule has 0 aliphatic heterocycles. The van der Waals surface area contributed by atoms with Crippen molar-refractivity contribution in [3.8, 4) is 0 Å². The second kappa shape index (κ2) is 8.46. The Balaban J connectivity index is 1.96. The molecule has 0 aliphatic carbocycles. The van der Waals surface area contributed by atoms with E-state index in [1.165, 1.54) is 0 Å². The fraction of sp³-hybridized carbons (Fsp3) is 0.278. The third-order valence-corrected chi connectivity index (χ3v) is 4.27. The largest absolute Gasteiger partial charge is 0.308 e. The van der Waals surface area contributed by atoms with Gasteiger partial charge in [-0.2, -0.15) is 0 Å². The quantitative estimate of drug-likeness (QED) is 0.764. The Bertz CT molecular complexity index is 656. The van der Waals surface area contributed by atoms with E-state index >= 15 is 0 Å². The number of hydrogen-bond acceptors (Lipinski definition) is 3. The zero-order valence-corrected chi connectivity index (χ0v) is 14.7. The maximum absolute atomic E-state index is 12.2. The summed E-state index contributed by atoms with van der Waals surface area (Å²) in [5.41, 5.74) is 1.70. The summed E-state index contributed by atoms with van der Waals surface area (Å²) in [6.45, 7) is 0.909. The molecule has 0 aliphatic rings. The van der Waals surface area contributed by atoms with Crippen LogP contribution in [-0.2, 0) is 0 Å². The molecule has 0 saturated carbocycles. The summed E-state index contributed by atoms with van der Waals surface area (Å²) in [7, 11) is 3.99. The minimum Gasteiger partial charge on any atom is -0.308 e. The zero-order valence-electron chi connectivity index (χ0n) is 13.2. The van der Waals surface area contributed by atoms with Crippen molar-refractivity contribution in [1.82, 2.24) is 10.2 Å². The first-order chi connectivity index (χ1) is 11.0. The van der Waals surface area contributed by atoms with Gasteiger partial charge >= 0.3 is 0 Å². The lowest BCUT2D eigenvalue weighted by Crippen LogP contribution is -2.34. The van der Waals surface area contributed by atoms with Gasteiger partial charge in [0.15, 0.2) is 5.78 Å². The van der Waals surface area contributed by atoms with Gasteiger partial charge in [0.05, 0.1) is 6.54 Å². The molecular weight excluding hydrogens is 331 g/mol. The van der Waals surface area contributed by atoms with E-state index in [2.05, 4.69) is 10.2 Å². The van der Waals surface area contributed by atoms with E-state index in [9.17, 15) is 4.79 Å². The average molecular weight is 351 g/mol. The number of ketones is 1. The lowest BCUT2D eigenvalue weighted by molar-refractivity contribution is 0.0988. The lowest BCUT2D eigenvalue weighted by atomic mass is 10.1. The van der Waals surface area contributed by atoms with E-state index < -0.39 is 0 Å². The molecule has 0 amide bonds. The van der Waals surface area contributed by atoms with Gasteiger partial charge in [0.1, 0.15) is 0 Å². The molecule has 5 heteroatoms. The number of carbonyl (C=O) groups excluding carboxylic acids is 1. The molecule has 0 saturated heterocycles. The fourth-order valence-corrected chi connectivity index (χ4v) is 2.76. The molecule has 122 valence electrons. The van der Waals surface area contributed by atoms with Crippen LogP contribution in [0.2, 0.25) is 10.0 Å². The molecule has 1 unspecified atom stereocenters. The van der Waals surface area contributed by atoms with E-state index in [1.807, 2.05) is 38.4 Å². The molecule has 0 aromatic heterocycles. The van der Waals surface area contributed by atoms with Crippen LogP contribution in [0.5, 0.6) is 0 Å². The van der Waals surface area contributed by atoms with E-state index in [-0.39, 0.29) is 18.4 Å². The van der Waals surface area contributed by atoms with Gasteiger partial charge in [0, 0.05) is 28.2 Å². The van der Waals surface area contributed by atoms with Gasteiger partial charge in [-0.25, -0.2) is 0 Å². The highest BCUT2D eigenvalue weighted by atomic mass is 35.5. The molecule has 0 spiro atoms. The summed E-state index contributed by atoms with van der Waals surface area (Å²) in [5.74, 6) is 0.0401. The highest BCUT2D eigenvalue weighted by Gasteiger charge is 2.17. The number of Topliss-reactive ketones (excluding diaryl/α,β-unsaturated/α-hetero) is 1. The zero-order chi connectivity index (χ0) is 16.8. The summed E-state index contributed by atoms with van der Waals surface area (Å²) < 4.78 is 0. The van der Waals surface area contributed by atoms with E-state index in [4.69, 9.17) is 23.2 Å². The molecule has 2 aromatic rings. The standard InChI is InChI=1S/C18H20Cl2N2O/c1-22(2)17(15-5-3-4-6-16(15)20)11-21-12-18(23)13-7-9-14(19)10-8-13/h3-10,17,21H,11-12H2,1-2H3. The smallest absolute Gasteiger partial charge is 0.176 e. The van der Waals surface area contributed by atoms with Gasteiger partial charge in [-0.15, -0.1) is 0 Å². The van der Waals surface area contributed by atoms with Crippen LogP contribution in [0.25, 0.3) is 0 Å². The second-order valence-electron chi connectivity index (χ2n) is 5.56. The molecule has 2 aromatic carbocycles. The predicted molar refractivity (Wildman–Crippen MR) is 96.5 cm³/mol. The summed E-state index contributed by atoms with van der Waals surface area (Å²) in [6, 6.07) is 14.8. The van der Waals surface area contributed by atoms with Crippen LogP contribution in [0.3, 0.4) is 0 Å². The summed E-state index contributed by atoms with van der Waals surface area (Å²) >= 11 is 12.1. The molecular formula is C18H20Cl2N2O. The normalized spacial score (nSPS) is 12.4. The van der Waals surface area contributed by atoms with E-state index in [1.54, 1.807) is 24.3 Å². The van der Waals surface area contributed by atoms with E-state index in [0.717, 1.165) is 10.6 Å². The molecule has 23 heavy (non-hydrogen) atoms. The van der Waals surface area contributed by atoms with Crippen molar-refractivity contribution < 1.29 is 4.79 Å². The summed E-state index contributed by atoms with van der Waals surface area (Å²) in [4.78, 5) is 14.2. The van der Waals surface area contributed by atoms with Gasteiger partial charge in [0.25, 0.3) is 0 Å². The number of nitrogens with one attached hydrogen (secondary N) is 1. The number of rotatable bonds is 7. The topological polar surface area (TPSA) is 32.3 Å². The van der Waals surface area contributed by atoms with Gasteiger partial charge in [0.2, 0.25) is 0 Å². The Labute approximate surface area is 147 Å². The Morgan fingerprint density at radius 1 is 1.09 bits per heavy atom. The first-order valence-electron chi connectivity index (χ1n) is 7.39.